The topological polar surface area (TPSA) is 53.4 Å². The van der Waals surface area contributed by atoms with E-state index in [1.54, 1.807) is 6.20 Å². The zero-order valence-corrected chi connectivity index (χ0v) is 11.3. The van der Waals surface area contributed by atoms with Crippen molar-refractivity contribution in [2.75, 3.05) is 13.2 Å². The Morgan fingerprint density at radius 3 is 3.16 bits per heavy atom. The highest BCUT2D eigenvalue weighted by Gasteiger charge is 2.27. The number of carbonyl (C=O) groups is 1. The molecular formula is C15H22N2O2. The average molecular weight is 262 g/mol. The summed E-state index contributed by atoms with van der Waals surface area (Å²) in [5, 5.41) is 8.89. The van der Waals surface area contributed by atoms with Gasteiger partial charge in [0.15, 0.2) is 0 Å². The maximum atomic E-state index is 12.2. The van der Waals surface area contributed by atoms with Gasteiger partial charge in [-0.15, -0.1) is 0 Å². The molecule has 4 nitrogen and oxygen atoms in total. The number of rotatable bonds is 6. The van der Waals surface area contributed by atoms with Gasteiger partial charge in [-0.1, -0.05) is 6.07 Å². The van der Waals surface area contributed by atoms with E-state index in [1.807, 2.05) is 23.2 Å². The molecule has 0 aromatic carbocycles. The summed E-state index contributed by atoms with van der Waals surface area (Å²) >= 11 is 0. The number of amides is 1. The maximum Gasteiger partial charge on any atom is 0.223 e. The van der Waals surface area contributed by atoms with E-state index >= 15 is 0 Å². The Labute approximate surface area is 114 Å². The van der Waals surface area contributed by atoms with Crippen molar-refractivity contribution in [3.05, 3.63) is 30.1 Å². The Morgan fingerprint density at radius 2 is 2.42 bits per heavy atom. The minimum absolute atomic E-state index is 0.216. The molecule has 2 heterocycles. The van der Waals surface area contributed by atoms with Crippen molar-refractivity contribution in [3.8, 4) is 0 Å². The highest BCUT2D eigenvalue weighted by molar-refractivity contribution is 5.77. The lowest BCUT2D eigenvalue weighted by atomic mass is 10.1. The normalized spacial score (nSPS) is 18.8. The number of hydrogen-bond acceptors (Lipinski definition) is 3. The summed E-state index contributed by atoms with van der Waals surface area (Å²) in [6.07, 6.45) is 8.77. The van der Waals surface area contributed by atoms with Crippen molar-refractivity contribution in [3.63, 3.8) is 0 Å². The number of aromatic nitrogens is 1. The van der Waals surface area contributed by atoms with Gasteiger partial charge in [-0.2, -0.15) is 0 Å². The second-order valence-corrected chi connectivity index (χ2v) is 5.11. The molecule has 104 valence electrons. The molecule has 1 saturated heterocycles. The first-order valence-corrected chi connectivity index (χ1v) is 7.10. The van der Waals surface area contributed by atoms with E-state index in [2.05, 4.69) is 4.98 Å². The molecular weight excluding hydrogens is 240 g/mol. The van der Waals surface area contributed by atoms with Crippen LogP contribution in [0.4, 0.5) is 0 Å². The van der Waals surface area contributed by atoms with Crippen LogP contribution in [0.15, 0.2) is 24.5 Å². The van der Waals surface area contributed by atoms with Gasteiger partial charge in [-0.3, -0.25) is 9.78 Å². The number of hydrogen-bond donors (Lipinski definition) is 1. The van der Waals surface area contributed by atoms with Crippen molar-refractivity contribution < 1.29 is 9.90 Å². The second kappa shape index (κ2) is 7.24. The van der Waals surface area contributed by atoms with Crippen LogP contribution in [0.25, 0.3) is 0 Å². The molecule has 0 bridgehead atoms. The van der Waals surface area contributed by atoms with Gasteiger partial charge in [0, 0.05) is 38.0 Å². The predicted molar refractivity (Wildman–Crippen MR) is 73.6 cm³/mol. The van der Waals surface area contributed by atoms with Crippen LogP contribution in [0.2, 0.25) is 0 Å². The van der Waals surface area contributed by atoms with E-state index in [1.165, 1.54) is 0 Å². The predicted octanol–water partition coefficient (Wildman–Crippen LogP) is 1.78. The first-order chi connectivity index (χ1) is 9.31. The van der Waals surface area contributed by atoms with E-state index in [-0.39, 0.29) is 12.5 Å². The third-order valence-electron chi connectivity index (χ3n) is 3.74. The standard InChI is InChI=1S/C15H22N2O2/c18-11-3-6-14-5-2-10-17(14)15(19)8-7-13-4-1-9-16-12-13/h1,4,9,12,14,18H,2-3,5-8,10-11H2. The molecule has 19 heavy (non-hydrogen) atoms. The van der Waals surface area contributed by atoms with Crippen LogP contribution in [-0.4, -0.2) is 40.1 Å². The fraction of sp³-hybridized carbons (Fsp3) is 0.600. The lowest BCUT2D eigenvalue weighted by molar-refractivity contribution is -0.132. The number of pyridine rings is 1. The Balaban J connectivity index is 1.82. The first kappa shape index (κ1) is 14.0. The van der Waals surface area contributed by atoms with Crippen LogP contribution in [0.1, 0.15) is 37.7 Å². The van der Waals surface area contributed by atoms with Gasteiger partial charge in [0.05, 0.1) is 0 Å². The number of nitrogens with zero attached hydrogens (tertiary/aromatic N) is 2. The Hall–Kier alpha value is -1.42. The smallest absolute Gasteiger partial charge is 0.223 e. The summed E-state index contributed by atoms with van der Waals surface area (Å²) in [5.41, 5.74) is 1.11. The molecule has 1 N–H and O–H groups in total. The fourth-order valence-electron chi connectivity index (χ4n) is 2.73. The van der Waals surface area contributed by atoms with Crippen molar-refractivity contribution in [2.45, 2.75) is 44.6 Å². The molecule has 1 aromatic rings. The second-order valence-electron chi connectivity index (χ2n) is 5.11. The molecule has 1 aliphatic rings. The summed E-state index contributed by atoms with van der Waals surface area (Å²) in [5.74, 6) is 0.240. The van der Waals surface area contributed by atoms with E-state index in [0.717, 1.165) is 44.2 Å². The number of aliphatic hydroxyl groups is 1. The zero-order chi connectivity index (χ0) is 13.5. The molecule has 1 aromatic heterocycles. The van der Waals surface area contributed by atoms with Gasteiger partial charge in [0.25, 0.3) is 0 Å². The summed E-state index contributed by atoms with van der Waals surface area (Å²) in [7, 11) is 0. The SMILES string of the molecule is O=C(CCc1cccnc1)N1CCCC1CCCO. The van der Waals surface area contributed by atoms with Crippen LogP contribution in [0.5, 0.6) is 0 Å². The lowest BCUT2D eigenvalue weighted by Gasteiger charge is -2.24. The molecule has 1 amide bonds. The largest absolute Gasteiger partial charge is 0.396 e. The quantitative estimate of drug-likeness (QED) is 0.850. The summed E-state index contributed by atoms with van der Waals surface area (Å²) in [4.78, 5) is 18.3. The van der Waals surface area contributed by atoms with Gasteiger partial charge >= 0.3 is 0 Å². The summed E-state index contributed by atoms with van der Waals surface area (Å²) < 4.78 is 0. The zero-order valence-electron chi connectivity index (χ0n) is 11.3. The molecule has 0 radical (unpaired) electrons. The van der Waals surface area contributed by atoms with Crippen molar-refractivity contribution >= 4 is 5.91 Å². The number of carbonyl (C=O) groups excluding carboxylic acids is 1. The molecule has 4 heteroatoms. The third-order valence-corrected chi connectivity index (χ3v) is 3.74. The third kappa shape index (κ3) is 4.03. The van der Waals surface area contributed by atoms with Crippen LogP contribution in [0.3, 0.4) is 0 Å². The highest BCUT2D eigenvalue weighted by atomic mass is 16.3. The molecule has 0 saturated carbocycles. The average Bonchev–Trinajstić information content (AvgIpc) is 2.92. The Bertz CT molecular complexity index is 394. The molecule has 0 spiro atoms. The van der Waals surface area contributed by atoms with Crippen LogP contribution in [-0.2, 0) is 11.2 Å². The lowest BCUT2D eigenvalue weighted by Crippen LogP contribution is -2.35. The molecule has 1 aliphatic heterocycles. The molecule has 0 aliphatic carbocycles. The number of aliphatic hydroxyl groups excluding tert-OH is 1. The minimum atomic E-state index is 0.216. The molecule has 1 fully saturated rings. The number of aryl methyl sites for hydroxylation is 1. The van der Waals surface area contributed by atoms with E-state index in [0.29, 0.717) is 12.5 Å². The van der Waals surface area contributed by atoms with Crippen LogP contribution < -0.4 is 0 Å². The van der Waals surface area contributed by atoms with Crippen molar-refractivity contribution in [1.29, 1.82) is 0 Å². The number of likely N-dealkylation sites (tertiary alicyclic amines) is 1. The fourth-order valence-corrected chi connectivity index (χ4v) is 2.73. The minimum Gasteiger partial charge on any atom is -0.396 e. The Morgan fingerprint density at radius 1 is 1.53 bits per heavy atom. The van der Waals surface area contributed by atoms with E-state index in [4.69, 9.17) is 5.11 Å². The van der Waals surface area contributed by atoms with Gasteiger partial charge in [-0.05, 0) is 43.7 Å². The van der Waals surface area contributed by atoms with Crippen LogP contribution in [0, 0.1) is 0 Å². The van der Waals surface area contributed by atoms with Gasteiger partial charge < -0.3 is 10.0 Å². The van der Waals surface area contributed by atoms with E-state index < -0.39 is 0 Å². The van der Waals surface area contributed by atoms with Gasteiger partial charge in [-0.25, -0.2) is 0 Å². The molecule has 1 atom stereocenters. The maximum absolute atomic E-state index is 12.2. The molecule has 2 rings (SSSR count). The summed E-state index contributed by atoms with van der Waals surface area (Å²) in [6.45, 7) is 1.09. The molecule has 1 unspecified atom stereocenters. The summed E-state index contributed by atoms with van der Waals surface area (Å²) in [6, 6.07) is 4.25. The monoisotopic (exact) mass is 262 g/mol. The van der Waals surface area contributed by atoms with Crippen LogP contribution >= 0.6 is 0 Å². The van der Waals surface area contributed by atoms with Gasteiger partial charge in [0.2, 0.25) is 5.91 Å². The van der Waals surface area contributed by atoms with Gasteiger partial charge in [0.1, 0.15) is 0 Å². The highest BCUT2D eigenvalue weighted by Crippen LogP contribution is 2.22. The van der Waals surface area contributed by atoms with Crippen molar-refractivity contribution in [2.24, 2.45) is 0 Å². The van der Waals surface area contributed by atoms with E-state index in [9.17, 15) is 4.79 Å². The first-order valence-electron chi connectivity index (χ1n) is 7.10. The Kier molecular flexibility index (Phi) is 5.33. The van der Waals surface area contributed by atoms with Crippen molar-refractivity contribution in [1.82, 2.24) is 9.88 Å².